The number of benzene rings is 1. The summed E-state index contributed by atoms with van der Waals surface area (Å²) in [5.41, 5.74) is -0.539. The van der Waals surface area contributed by atoms with Crippen LogP contribution in [0.15, 0.2) is 18.2 Å². The van der Waals surface area contributed by atoms with Crippen molar-refractivity contribution in [2.75, 3.05) is 11.9 Å². The van der Waals surface area contributed by atoms with E-state index in [1.54, 1.807) is 4.90 Å². The number of hydrogen-bond acceptors (Lipinski definition) is 4. The Kier molecular flexibility index (Phi) is 4.46. The van der Waals surface area contributed by atoms with Gasteiger partial charge < -0.3 is 10.2 Å². The first-order valence-electron chi connectivity index (χ1n) is 8.00. The molecule has 3 rings (SSSR count). The maximum absolute atomic E-state index is 13.3. The molecule has 1 saturated carbocycles. The van der Waals surface area contributed by atoms with E-state index >= 15 is 0 Å². The molecule has 1 N–H and O–H groups in total. The predicted octanol–water partition coefficient (Wildman–Crippen LogP) is 2.46. The highest BCUT2D eigenvalue weighted by Crippen LogP contribution is 2.30. The highest BCUT2D eigenvalue weighted by Gasteiger charge is 2.38. The molecule has 1 aromatic carbocycles. The van der Waals surface area contributed by atoms with Crippen molar-refractivity contribution in [3.63, 3.8) is 0 Å². The highest BCUT2D eigenvalue weighted by molar-refractivity contribution is 5.97. The average molecular weight is 335 g/mol. The smallest absolute Gasteiger partial charge is 0.306 e. The molecule has 0 aromatic heterocycles. The molecule has 2 fully saturated rings. The Morgan fingerprint density at radius 1 is 1.33 bits per heavy atom. The van der Waals surface area contributed by atoms with Gasteiger partial charge in [0.2, 0.25) is 17.6 Å². The summed E-state index contributed by atoms with van der Waals surface area (Å²) in [5.74, 6) is -1.83. The molecule has 24 heavy (non-hydrogen) atoms. The fourth-order valence-corrected chi connectivity index (χ4v) is 3.45. The van der Waals surface area contributed by atoms with Crippen molar-refractivity contribution in [1.29, 1.82) is 0 Å². The van der Waals surface area contributed by atoms with E-state index in [-0.39, 0.29) is 30.0 Å². The number of hydrogen-bond donors (Lipinski definition) is 1. The molecule has 1 aromatic rings. The zero-order valence-electron chi connectivity index (χ0n) is 13.0. The third-order valence-corrected chi connectivity index (χ3v) is 4.71. The van der Waals surface area contributed by atoms with E-state index < -0.39 is 22.3 Å². The number of nitrogens with zero attached hydrogens (tertiary/aromatic N) is 2. The molecule has 0 spiro atoms. The molecule has 1 saturated heterocycles. The van der Waals surface area contributed by atoms with Gasteiger partial charge in [0.25, 0.3) is 0 Å². The first-order chi connectivity index (χ1) is 11.5. The number of amides is 2. The van der Waals surface area contributed by atoms with Gasteiger partial charge in [0.05, 0.1) is 10.8 Å². The number of carbonyl (C=O) groups excluding carboxylic acids is 2. The minimum Gasteiger partial charge on any atom is -0.339 e. The third kappa shape index (κ3) is 3.22. The van der Waals surface area contributed by atoms with E-state index in [0.717, 1.165) is 37.8 Å². The van der Waals surface area contributed by atoms with Crippen molar-refractivity contribution >= 4 is 23.2 Å². The molecule has 2 amide bonds. The lowest BCUT2D eigenvalue weighted by Gasteiger charge is -2.23. The molecular weight excluding hydrogens is 317 g/mol. The second kappa shape index (κ2) is 6.54. The maximum atomic E-state index is 13.3. The summed E-state index contributed by atoms with van der Waals surface area (Å²) in [6, 6.07) is 3.42. The van der Waals surface area contributed by atoms with Gasteiger partial charge >= 0.3 is 5.69 Å². The number of carbonyl (C=O) groups is 2. The van der Waals surface area contributed by atoms with Crippen LogP contribution in [0.25, 0.3) is 0 Å². The normalized spacial score (nSPS) is 21.3. The Labute approximate surface area is 138 Å². The van der Waals surface area contributed by atoms with Crippen LogP contribution in [-0.4, -0.2) is 34.2 Å². The van der Waals surface area contributed by atoms with Gasteiger partial charge in [-0.05, 0) is 25.0 Å². The third-order valence-electron chi connectivity index (χ3n) is 4.71. The van der Waals surface area contributed by atoms with Crippen molar-refractivity contribution in [2.45, 2.75) is 38.1 Å². The molecule has 128 valence electrons. The summed E-state index contributed by atoms with van der Waals surface area (Å²) >= 11 is 0. The van der Waals surface area contributed by atoms with Gasteiger partial charge in [-0.1, -0.05) is 12.8 Å². The SMILES string of the molecule is O=C(Nc1ccc(F)c([N+](=O)[O-])c1)[C@H]1CC(=O)N(C2CCCC2)C1. The second-order valence-electron chi connectivity index (χ2n) is 6.30. The lowest BCUT2D eigenvalue weighted by atomic mass is 10.1. The largest absolute Gasteiger partial charge is 0.339 e. The highest BCUT2D eigenvalue weighted by atomic mass is 19.1. The van der Waals surface area contributed by atoms with Gasteiger partial charge in [0.1, 0.15) is 0 Å². The molecule has 1 atom stereocenters. The van der Waals surface area contributed by atoms with Gasteiger partial charge in [0.15, 0.2) is 0 Å². The van der Waals surface area contributed by atoms with Crippen LogP contribution in [0.5, 0.6) is 0 Å². The monoisotopic (exact) mass is 335 g/mol. The van der Waals surface area contributed by atoms with Crippen LogP contribution in [0.4, 0.5) is 15.8 Å². The topological polar surface area (TPSA) is 92.5 Å². The molecule has 1 aliphatic heterocycles. The van der Waals surface area contributed by atoms with Crippen LogP contribution in [0.1, 0.15) is 32.1 Å². The second-order valence-corrected chi connectivity index (χ2v) is 6.30. The van der Waals surface area contributed by atoms with E-state index in [2.05, 4.69) is 5.32 Å². The van der Waals surface area contributed by atoms with Crippen LogP contribution >= 0.6 is 0 Å². The standard InChI is InChI=1S/C16H18FN3O4/c17-13-6-5-11(8-14(13)20(23)24)18-16(22)10-7-15(21)19(9-10)12-3-1-2-4-12/h5-6,8,10,12H,1-4,7,9H2,(H,18,22)/t10-/m0/s1. The summed E-state index contributed by atoms with van der Waals surface area (Å²) in [7, 11) is 0. The number of anilines is 1. The van der Waals surface area contributed by atoms with Gasteiger partial charge in [0, 0.05) is 30.8 Å². The number of nitro groups is 1. The Bertz CT molecular complexity index is 688. The van der Waals surface area contributed by atoms with Crippen LogP contribution in [0.3, 0.4) is 0 Å². The van der Waals surface area contributed by atoms with Crippen LogP contribution in [0.2, 0.25) is 0 Å². The zero-order valence-corrected chi connectivity index (χ0v) is 13.0. The number of rotatable bonds is 4. The average Bonchev–Trinajstić information content (AvgIpc) is 3.18. The quantitative estimate of drug-likeness (QED) is 0.676. The molecule has 1 heterocycles. The van der Waals surface area contributed by atoms with Crippen LogP contribution in [-0.2, 0) is 9.59 Å². The molecule has 8 heteroatoms. The Balaban J connectivity index is 1.66. The first kappa shape index (κ1) is 16.4. The van der Waals surface area contributed by atoms with E-state index in [0.29, 0.717) is 6.54 Å². The van der Waals surface area contributed by atoms with E-state index in [4.69, 9.17) is 0 Å². The fraction of sp³-hybridized carbons (Fsp3) is 0.500. The van der Waals surface area contributed by atoms with Crippen LogP contribution < -0.4 is 5.32 Å². The lowest BCUT2D eigenvalue weighted by molar-refractivity contribution is -0.387. The van der Waals surface area contributed by atoms with Gasteiger partial charge in [-0.15, -0.1) is 0 Å². The number of likely N-dealkylation sites (tertiary alicyclic amines) is 1. The first-order valence-corrected chi connectivity index (χ1v) is 8.00. The Morgan fingerprint density at radius 3 is 2.71 bits per heavy atom. The predicted molar refractivity (Wildman–Crippen MR) is 83.8 cm³/mol. The van der Waals surface area contributed by atoms with Crippen molar-refractivity contribution in [1.82, 2.24) is 4.90 Å². The lowest BCUT2D eigenvalue weighted by Crippen LogP contribution is -2.35. The van der Waals surface area contributed by atoms with Crippen molar-refractivity contribution in [3.8, 4) is 0 Å². The molecule has 7 nitrogen and oxygen atoms in total. The molecule has 1 aliphatic carbocycles. The van der Waals surface area contributed by atoms with E-state index in [9.17, 15) is 24.1 Å². The van der Waals surface area contributed by atoms with E-state index in [1.807, 2.05) is 0 Å². The van der Waals surface area contributed by atoms with Gasteiger partial charge in [-0.2, -0.15) is 4.39 Å². The number of nitro benzene ring substituents is 1. The Hall–Kier alpha value is -2.51. The molecule has 0 radical (unpaired) electrons. The minimum atomic E-state index is -0.957. The number of halogens is 1. The van der Waals surface area contributed by atoms with Crippen molar-refractivity contribution in [3.05, 3.63) is 34.1 Å². The molecular formula is C16H18FN3O4. The van der Waals surface area contributed by atoms with Crippen molar-refractivity contribution < 1.29 is 18.9 Å². The number of nitrogens with one attached hydrogen (secondary N) is 1. The van der Waals surface area contributed by atoms with Gasteiger partial charge in [-0.25, -0.2) is 0 Å². The van der Waals surface area contributed by atoms with Crippen LogP contribution in [0, 0.1) is 21.8 Å². The van der Waals surface area contributed by atoms with Crippen molar-refractivity contribution in [2.24, 2.45) is 5.92 Å². The minimum absolute atomic E-state index is 0.0212. The fourth-order valence-electron chi connectivity index (χ4n) is 3.45. The molecule has 0 bridgehead atoms. The summed E-state index contributed by atoms with van der Waals surface area (Å²) in [4.78, 5) is 36.1. The van der Waals surface area contributed by atoms with E-state index in [1.165, 1.54) is 6.07 Å². The molecule has 0 unspecified atom stereocenters. The molecule has 2 aliphatic rings. The maximum Gasteiger partial charge on any atom is 0.306 e. The summed E-state index contributed by atoms with van der Waals surface area (Å²) < 4.78 is 13.3. The summed E-state index contributed by atoms with van der Waals surface area (Å²) in [6.07, 6.45) is 4.30. The summed E-state index contributed by atoms with van der Waals surface area (Å²) in [6.45, 7) is 0.374. The Morgan fingerprint density at radius 2 is 2.04 bits per heavy atom. The zero-order chi connectivity index (χ0) is 17.3. The summed E-state index contributed by atoms with van der Waals surface area (Å²) in [5, 5.41) is 13.3. The van der Waals surface area contributed by atoms with Gasteiger partial charge in [-0.3, -0.25) is 19.7 Å².